The highest BCUT2D eigenvalue weighted by molar-refractivity contribution is 5.99. The quantitative estimate of drug-likeness (QED) is 0.479. The van der Waals surface area contributed by atoms with Crippen LogP contribution >= 0.6 is 0 Å². The second-order valence-corrected chi connectivity index (χ2v) is 8.51. The van der Waals surface area contributed by atoms with E-state index in [4.69, 9.17) is 18.9 Å². The van der Waals surface area contributed by atoms with Crippen molar-refractivity contribution in [3.8, 4) is 34.1 Å². The van der Waals surface area contributed by atoms with E-state index in [9.17, 15) is 4.79 Å². The molecule has 1 aromatic heterocycles. The van der Waals surface area contributed by atoms with E-state index in [0.29, 0.717) is 24.5 Å². The summed E-state index contributed by atoms with van der Waals surface area (Å²) >= 11 is 0. The van der Waals surface area contributed by atoms with Crippen molar-refractivity contribution in [1.29, 1.82) is 0 Å². The Morgan fingerprint density at radius 2 is 1.62 bits per heavy atom. The molecule has 172 valence electrons. The molecule has 6 rings (SSSR count). The average Bonchev–Trinajstić information content (AvgIpc) is 3.53. The van der Waals surface area contributed by atoms with E-state index in [2.05, 4.69) is 11.1 Å². The molecule has 7 nitrogen and oxygen atoms in total. The van der Waals surface area contributed by atoms with Crippen LogP contribution in [0.25, 0.3) is 22.0 Å². The second kappa shape index (κ2) is 8.02. The van der Waals surface area contributed by atoms with Crippen molar-refractivity contribution in [3.05, 3.63) is 71.4 Å². The molecule has 0 fully saturated rings. The number of carbonyl (C=O) groups is 1. The Hall–Kier alpha value is -4.13. The lowest BCUT2D eigenvalue weighted by molar-refractivity contribution is 0.0729. The Kier molecular flexibility index (Phi) is 4.83. The number of nitrogens with zero attached hydrogens (tertiary/aromatic N) is 1. The Labute approximate surface area is 196 Å². The Bertz CT molecular complexity index is 1420. The van der Waals surface area contributed by atoms with Crippen molar-refractivity contribution in [2.24, 2.45) is 0 Å². The topological polar surface area (TPSA) is 73.0 Å². The van der Waals surface area contributed by atoms with Crippen LogP contribution in [0.15, 0.2) is 54.6 Å². The smallest absolute Gasteiger partial charge is 0.270 e. The van der Waals surface area contributed by atoms with Crippen molar-refractivity contribution < 1.29 is 23.7 Å². The summed E-state index contributed by atoms with van der Waals surface area (Å²) in [4.78, 5) is 18.5. The van der Waals surface area contributed by atoms with Crippen molar-refractivity contribution in [3.63, 3.8) is 0 Å². The highest BCUT2D eigenvalue weighted by Gasteiger charge is 2.25. The van der Waals surface area contributed by atoms with Crippen LogP contribution in [0.1, 0.15) is 21.6 Å². The van der Waals surface area contributed by atoms with Gasteiger partial charge in [0, 0.05) is 24.0 Å². The van der Waals surface area contributed by atoms with Gasteiger partial charge in [-0.25, -0.2) is 0 Å². The monoisotopic (exact) mass is 456 g/mol. The van der Waals surface area contributed by atoms with Crippen molar-refractivity contribution in [2.75, 3.05) is 27.6 Å². The maximum absolute atomic E-state index is 13.3. The zero-order chi connectivity index (χ0) is 23.2. The third kappa shape index (κ3) is 3.41. The van der Waals surface area contributed by atoms with Crippen LogP contribution in [0, 0.1) is 0 Å². The maximum atomic E-state index is 13.3. The predicted molar refractivity (Wildman–Crippen MR) is 128 cm³/mol. The van der Waals surface area contributed by atoms with Gasteiger partial charge in [0.2, 0.25) is 6.79 Å². The number of H-pyrrole nitrogens is 1. The van der Waals surface area contributed by atoms with Crippen LogP contribution in [0.4, 0.5) is 0 Å². The Morgan fingerprint density at radius 1 is 0.882 bits per heavy atom. The SMILES string of the molecule is COc1cc2c(cc1OC)CN(C(=O)c1cc3cc(-c4ccc5c(c4)OCO5)ccc3[nH]1)CC2. The number of aromatic amines is 1. The molecule has 3 aromatic carbocycles. The van der Waals surface area contributed by atoms with Crippen LogP contribution < -0.4 is 18.9 Å². The molecule has 0 atom stereocenters. The molecule has 0 saturated carbocycles. The first kappa shape index (κ1) is 20.5. The fourth-order valence-electron chi connectivity index (χ4n) is 4.73. The molecule has 1 N–H and O–H groups in total. The molecule has 0 radical (unpaired) electrons. The summed E-state index contributed by atoms with van der Waals surface area (Å²) in [7, 11) is 3.26. The highest BCUT2D eigenvalue weighted by Crippen LogP contribution is 2.37. The van der Waals surface area contributed by atoms with Gasteiger partial charge in [-0.15, -0.1) is 0 Å². The number of aromatic nitrogens is 1. The van der Waals surface area contributed by atoms with Crippen molar-refractivity contribution in [1.82, 2.24) is 9.88 Å². The fourth-order valence-corrected chi connectivity index (χ4v) is 4.73. The molecule has 0 spiro atoms. The maximum Gasteiger partial charge on any atom is 0.270 e. The summed E-state index contributed by atoms with van der Waals surface area (Å²) in [5, 5.41) is 0.988. The van der Waals surface area contributed by atoms with Crippen LogP contribution in [-0.2, 0) is 13.0 Å². The summed E-state index contributed by atoms with van der Waals surface area (Å²) in [6.07, 6.45) is 0.774. The molecule has 0 unspecified atom stereocenters. The molecular weight excluding hydrogens is 432 g/mol. The largest absolute Gasteiger partial charge is 0.493 e. The number of amides is 1. The van der Waals surface area contributed by atoms with Crippen LogP contribution in [0.3, 0.4) is 0 Å². The van der Waals surface area contributed by atoms with Crippen LogP contribution in [-0.4, -0.2) is 43.3 Å². The van der Waals surface area contributed by atoms with Gasteiger partial charge in [0.15, 0.2) is 23.0 Å². The minimum absolute atomic E-state index is 0.0127. The second-order valence-electron chi connectivity index (χ2n) is 8.51. The van der Waals surface area contributed by atoms with E-state index >= 15 is 0 Å². The molecule has 2 aliphatic heterocycles. The number of methoxy groups -OCH3 is 2. The normalized spacial score (nSPS) is 14.2. The first-order valence-electron chi connectivity index (χ1n) is 11.2. The van der Waals surface area contributed by atoms with Gasteiger partial charge in [0.1, 0.15) is 5.69 Å². The van der Waals surface area contributed by atoms with E-state index in [-0.39, 0.29) is 12.7 Å². The summed E-state index contributed by atoms with van der Waals surface area (Å²) in [6, 6.07) is 18.0. The zero-order valence-electron chi connectivity index (χ0n) is 19.0. The molecule has 0 saturated heterocycles. The van der Waals surface area contributed by atoms with Gasteiger partial charge in [0.05, 0.1) is 14.2 Å². The molecule has 34 heavy (non-hydrogen) atoms. The number of hydrogen-bond acceptors (Lipinski definition) is 5. The van der Waals surface area contributed by atoms with E-state index in [0.717, 1.165) is 51.3 Å². The Morgan fingerprint density at radius 3 is 2.44 bits per heavy atom. The average molecular weight is 456 g/mol. The standard InChI is InChI=1S/C27H24N2O5/c1-31-24-11-18-7-8-29(14-20(18)13-25(24)32-2)27(30)22-10-19-9-16(3-5-21(19)28-22)17-4-6-23-26(12-17)34-15-33-23/h3-6,9-13,28H,7-8,14-15H2,1-2H3. The van der Waals surface area contributed by atoms with Gasteiger partial charge in [0.25, 0.3) is 5.91 Å². The number of hydrogen-bond donors (Lipinski definition) is 1. The lowest BCUT2D eigenvalue weighted by Crippen LogP contribution is -2.36. The molecular formula is C27H24N2O5. The zero-order valence-corrected chi connectivity index (χ0v) is 19.0. The third-order valence-corrected chi connectivity index (χ3v) is 6.56. The summed E-state index contributed by atoms with van der Waals surface area (Å²) in [6.45, 7) is 1.44. The number of fused-ring (bicyclic) bond motifs is 3. The molecule has 0 aliphatic carbocycles. The Balaban J connectivity index is 1.26. The van der Waals surface area contributed by atoms with E-state index in [1.54, 1.807) is 14.2 Å². The number of benzene rings is 3. The van der Waals surface area contributed by atoms with Gasteiger partial charge in [-0.1, -0.05) is 12.1 Å². The molecule has 3 heterocycles. The van der Waals surface area contributed by atoms with Crippen LogP contribution in [0.2, 0.25) is 0 Å². The first-order valence-corrected chi connectivity index (χ1v) is 11.2. The molecule has 0 bridgehead atoms. The number of carbonyl (C=O) groups excluding carboxylic acids is 1. The number of ether oxygens (including phenoxy) is 4. The van der Waals surface area contributed by atoms with Gasteiger partial charge in [-0.3, -0.25) is 4.79 Å². The van der Waals surface area contributed by atoms with Crippen molar-refractivity contribution in [2.45, 2.75) is 13.0 Å². The lowest BCUT2D eigenvalue weighted by atomic mass is 9.98. The van der Waals surface area contributed by atoms with Gasteiger partial charge < -0.3 is 28.8 Å². The highest BCUT2D eigenvalue weighted by atomic mass is 16.7. The third-order valence-electron chi connectivity index (χ3n) is 6.56. The summed E-state index contributed by atoms with van der Waals surface area (Å²) in [5.41, 5.74) is 5.87. The molecule has 2 aliphatic rings. The van der Waals surface area contributed by atoms with E-state index < -0.39 is 0 Å². The van der Waals surface area contributed by atoms with Gasteiger partial charge in [-0.2, -0.15) is 0 Å². The summed E-state index contributed by atoms with van der Waals surface area (Å²) in [5.74, 6) is 2.90. The molecule has 1 amide bonds. The molecule has 4 aromatic rings. The first-order chi connectivity index (χ1) is 16.6. The van der Waals surface area contributed by atoms with E-state index in [1.165, 1.54) is 5.56 Å². The van der Waals surface area contributed by atoms with Gasteiger partial charge in [-0.05, 0) is 71.1 Å². The lowest BCUT2D eigenvalue weighted by Gasteiger charge is -2.29. The van der Waals surface area contributed by atoms with E-state index in [1.807, 2.05) is 53.4 Å². The number of rotatable bonds is 4. The number of nitrogens with one attached hydrogen (secondary N) is 1. The van der Waals surface area contributed by atoms with Gasteiger partial charge >= 0.3 is 0 Å². The fraction of sp³-hybridized carbons (Fsp3) is 0.222. The van der Waals surface area contributed by atoms with Crippen molar-refractivity contribution >= 4 is 16.8 Å². The summed E-state index contributed by atoms with van der Waals surface area (Å²) < 4.78 is 21.8. The minimum Gasteiger partial charge on any atom is -0.493 e. The van der Waals surface area contributed by atoms with Crippen LogP contribution in [0.5, 0.6) is 23.0 Å². The predicted octanol–water partition coefficient (Wildman–Crippen LogP) is 4.78. The minimum atomic E-state index is -0.0127. The molecule has 7 heteroatoms.